The predicted octanol–water partition coefficient (Wildman–Crippen LogP) is 4.56. The number of para-hydroxylation sites is 1. The minimum atomic E-state index is 0.425. The fourth-order valence-electron chi connectivity index (χ4n) is 2.32. The molecule has 0 saturated heterocycles. The molecule has 0 fully saturated rings. The fraction of sp³-hybridized carbons (Fsp3) is 0.0556. The summed E-state index contributed by atoms with van der Waals surface area (Å²) in [6, 6.07) is 21.2. The zero-order chi connectivity index (χ0) is 15.4. The Hall–Kier alpha value is -3.01. The molecule has 0 aromatic heterocycles. The topological polar surface area (TPSA) is 41.7 Å². The highest BCUT2D eigenvalue weighted by Gasteiger charge is 2.18. The van der Waals surface area contributed by atoms with Gasteiger partial charge in [-0.15, -0.1) is 0 Å². The van der Waals surface area contributed by atoms with E-state index >= 15 is 0 Å². The second-order valence-corrected chi connectivity index (χ2v) is 4.75. The van der Waals surface area contributed by atoms with Gasteiger partial charge in [0, 0.05) is 17.7 Å². The zero-order valence-electron chi connectivity index (χ0n) is 12.1. The van der Waals surface area contributed by atoms with Crippen LogP contribution in [0.5, 0.6) is 0 Å². The van der Waals surface area contributed by atoms with E-state index in [1.807, 2.05) is 54.6 Å². The van der Waals surface area contributed by atoms with E-state index < -0.39 is 0 Å². The molecule has 0 bridgehead atoms. The third-order valence-electron chi connectivity index (χ3n) is 3.41. The molecule has 0 aliphatic rings. The highest BCUT2D eigenvalue weighted by atomic mass is 16.8. The van der Waals surface area contributed by atoms with Crippen molar-refractivity contribution in [2.45, 2.75) is 0 Å². The van der Waals surface area contributed by atoms with Gasteiger partial charge in [0.1, 0.15) is 0 Å². The third-order valence-corrected chi connectivity index (χ3v) is 3.41. The van der Waals surface area contributed by atoms with Crippen LogP contribution in [-0.2, 0) is 4.84 Å². The van der Waals surface area contributed by atoms with Gasteiger partial charge in [0.25, 0.3) is 4.92 Å². The minimum Gasteiger partial charge on any atom is -0.255 e. The highest BCUT2D eigenvalue weighted by Crippen LogP contribution is 2.26. The summed E-state index contributed by atoms with van der Waals surface area (Å²) in [5, 5.41) is 2.21. The van der Waals surface area contributed by atoms with Crippen LogP contribution in [0.15, 0.2) is 71.7 Å². The molecule has 0 unspecified atom stereocenters. The normalized spacial score (nSPS) is 11.0. The molecule has 3 aromatic rings. The number of hydrogen-bond acceptors (Lipinski definition) is 3. The standard InChI is InChI=1S/C18H15N2O2/c1-22-20(21)18-12-5-3-8-15(18)13-19-17-11-6-9-14-7-2-4-10-16(14)17/h2-13H,1H3/q+1/b19-13+. The van der Waals surface area contributed by atoms with Crippen molar-refractivity contribution in [3.05, 3.63) is 77.2 Å². The highest BCUT2D eigenvalue weighted by molar-refractivity contribution is 5.96. The Labute approximate surface area is 128 Å². The molecule has 22 heavy (non-hydrogen) atoms. The molecule has 0 spiro atoms. The smallest absolute Gasteiger partial charge is 0.255 e. The van der Waals surface area contributed by atoms with Crippen molar-refractivity contribution in [3.63, 3.8) is 0 Å². The summed E-state index contributed by atoms with van der Waals surface area (Å²) < 4.78 is 0. The molecule has 0 atom stereocenters. The van der Waals surface area contributed by atoms with E-state index in [1.165, 1.54) is 7.11 Å². The summed E-state index contributed by atoms with van der Waals surface area (Å²) >= 11 is 0. The van der Waals surface area contributed by atoms with Gasteiger partial charge in [-0.25, -0.2) is 4.84 Å². The lowest BCUT2D eigenvalue weighted by Crippen LogP contribution is -2.01. The lowest BCUT2D eigenvalue weighted by molar-refractivity contribution is -0.736. The van der Waals surface area contributed by atoms with Crippen LogP contribution in [0, 0.1) is 4.91 Å². The lowest BCUT2D eigenvalue weighted by Gasteiger charge is -2.01. The van der Waals surface area contributed by atoms with Gasteiger partial charge in [0.15, 0.2) is 7.11 Å². The van der Waals surface area contributed by atoms with Crippen molar-refractivity contribution in [2.75, 3.05) is 7.11 Å². The molecule has 0 aliphatic heterocycles. The molecule has 3 rings (SSSR count). The van der Waals surface area contributed by atoms with Crippen LogP contribution in [0.25, 0.3) is 10.8 Å². The SMILES string of the molecule is CO[N+](=O)c1ccccc1/C=N/c1cccc2ccccc12. The molecule has 4 heteroatoms. The second kappa shape index (κ2) is 6.18. The molecule has 0 N–H and O–H groups in total. The summed E-state index contributed by atoms with van der Waals surface area (Å²) in [5.41, 5.74) is 1.99. The van der Waals surface area contributed by atoms with E-state index in [2.05, 4.69) is 4.99 Å². The Kier molecular flexibility index (Phi) is 3.92. The zero-order valence-corrected chi connectivity index (χ0v) is 12.1. The molecule has 4 nitrogen and oxygen atoms in total. The number of nitrogens with zero attached hydrogens (tertiary/aromatic N) is 2. The van der Waals surface area contributed by atoms with E-state index in [4.69, 9.17) is 4.84 Å². The summed E-state index contributed by atoms with van der Waals surface area (Å²) in [7, 11) is 1.34. The van der Waals surface area contributed by atoms with Gasteiger partial charge in [-0.2, -0.15) is 0 Å². The summed E-state index contributed by atoms with van der Waals surface area (Å²) in [5.74, 6) is 0. The monoisotopic (exact) mass is 291 g/mol. The maximum atomic E-state index is 11.7. The van der Waals surface area contributed by atoms with E-state index in [0.717, 1.165) is 16.5 Å². The Morgan fingerprint density at radius 2 is 1.68 bits per heavy atom. The Bertz CT molecular complexity index is 851. The fourth-order valence-corrected chi connectivity index (χ4v) is 2.32. The van der Waals surface area contributed by atoms with Crippen molar-refractivity contribution >= 4 is 28.4 Å². The summed E-state index contributed by atoms with van der Waals surface area (Å²) in [6.45, 7) is 0. The van der Waals surface area contributed by atoms with Crippen LogP contribution in [0.2, 0.25) is 0 Å². The van der Waals surface area contributed by atoms with Crippen molar-refractivity contribution < 1.29 is 9.76 Å². The average Bonchev–Trinajstić information content (AvgIpc) is 2.59. The first-order valence-electron chi connectivity index (χ1n) is 6.92. The quantitative estimate of drug-likeness (QED) is 0.522. The molecule has 0 amide bonds. The maximum absolute atomic E-state index is 11.7. The van der Waals surface area contributed by atoms with Gasteiger partial charge >= 0.3 is 5.69 Å². The first-order valence-corrected chi connectivity index (χ1v) is 6.92. The number of hydrogen-bond donors (Lipinski definition) is 0. The largest absolute Gasteiger partial charge is 0.325 e. The van der Waals surface area contributed by atoms with E-state index in [9.17, 15) is 4.91 Å². The van der Waals surface area contributed by atoms with Crippen LogP contribution in [0.1, 0.15) is 5.56 Å². The van der Waals surface area contributed by atoms with Gasteiger partial charge in [-0.1, -0.05) is 48.5 Å². The minimum absolute atomic E-state index is 0.425. The van der Waals surface area contributed by atoms with Crippen LogP contribution < -0.4 is 0 Å². The third kappa shape index (κ3) is 2.72. The van der Waals surface area contributed by atoms with Crippen molar-refractivity contribution in [2.24, 2.45) is 4.99 Å². The van der Waals surface area contributed by atoms with E-state index in [-0.39, 0.29) is 0 Å². The predicted molar refractivity (Wildman–Crippen MR) is 87.9 cm³/mol. The molecule has 3 aromatic carbocycles. The molecular weight excluding hydrogens is 276 g/mol. The summed E-state index contributed by atoms with van der Waals surface area (Å²) in [6.07, 6.45) is 1.68. The molecule has 0 radical (unpaired) electrons. The van der Waals surface area contributed by atoms with Crippen LogP contribution >= 0.6 is 0 Å². The van der Waals surface area contributed by atoms with Gasteiger partial charge in [-0.05, 0) is 17.5 Å². The number of fused-ring (bicyclic) bond motifs is 1. The van der Waals surface area contributed by atoms with Crippen molar-refractivity contribution in [3.8, 4) is 0 Å². The van der Waals surface area contributed by atoms with Gasteiger partial charge in [0.05, 0.1) is 16.2 Å². The lowest BCUT2D eigenvalue weighted by atomic mass is 10.1. The molecule has 108 valence electrons. The maximum Gasteiger partial charge on any atom is 0.325 e. The second-order valence-electron chi connectivity index (χ2n) is 4.75. The summed E-state index contributed by atoms with van der Waals surface area (Å²) in [4.78, 5) is 21.4. The van der Waals surface area contributed by atoms with E-state index in [0.29, 0.717) is 16.2 Å². The van der Waals surface area contributed by atoms with Crippen LogP contribution in [0.4, 0.5) is 11.4 Å². The first kappa shape index (κ1) is 13.9. The first-order chi connectivity index (χ1) is 10.8. The van der Waals surface area contributed by atoms with Crippen molar-refractivity contribution in [1.82, 2.24) is 0 Å². The Morgan fingerprint density at radius 3 is 2.55 bits per heavy atom. The molecular formula is C18H15N2O2+. The average molecular weight is 291 g/mol. The Balaban J connectivity index is 2.02. The van der Waals surface area contributed by atoms with Crippen LogP contribution in [-0.4, -0.2) is 18.2 Å². The Morgan fingerprint density at radius 1 is 0.955 bits per heavy atom. The van der Waals surface area contributed by atoms with E-state index in [1.54, 1.807) is 18.3 Å². The van der Waals surface area contributed by atoms with Crippen LogP contribution in [0.3, 0.4) is 0 Å². The molecule has 0 heterocycles. The molecule has 0 saturated carbocycles. The number of benzene rings is 3. The number of rotatable bonds is 4. The van der Waals surface area contributed by atoms with Gasteiger partial charge in [-0.3, -0.25) is 4.99 Å². The van der Waals surface area contributed by atoms with Gasteiger partial charge in [0.2, 0.25) is 0 Å². The van der Waals surface area contributed by atoms with Crippen molar-refractivity contribution in [1.29, 1.82) is 0 Å². The molecule has 0 aliphatic carbocycles. The van der Waals surface area contributed by atoms with Gasteiger partial charge < -0.3 is 0 Å². The number of aliphatic imine (C=N–C) groups is 1.